The van der Waals surface area contributed by atoms with Crippen molar-refractivity contribution in [3.05, 3.63) is 36.3 Å². The summed E-state index contributed by atoms with van der Waals surface area (Å²) in [5.41, 5.74) is 1.20. The second kappa shape index (κ2) is 11.0. The summed E-state index contributed by atoms with van der Waals surface area (Å²) in [5, 5.41) is 10.3. The molecule has 2 aromatic heterocycles. The van der Waals surface area contributed by atoms with Gasteiger partial charge in [0.25, 0.3) is 5.91 Å². The van der Waals surface area contributed by atoms with E-state index >= 15 is 0 Å². The number of pyridine rings is 1. The zero-order valence-corrected chi connectivity index (χ0v) is 23.3. The number of nitrogens with zero attached hydrogens (tertiary/aromatic N) is 5. The molecule has 0 radical (unpaired) electrons. The first kappa shape index (κ1) is 26.7. The van der Waals surface area contributed by atoms with Crippen molar-refractivity contribution in [1.82, 2.24) is 25.0 Å². The molecule has 2 aliphatic carbocycles. The summed E-state index contributed by atoms with van der Waals surface area (Å²) in [6, 6.07) is 5.61. The number of hydrogen-bond acceptors (Lipinski definition) is 6. The van der Waals surface area contributed by atoms with Gasteiger partial charge >= 0.3 is 0 Å². The Morgan fingerprint density at radius 2 is 1.87 bits per heavy atom. The number of piperazine rings is 1. The summed E-state index contributed by atoms with van der Waals surface area (Å²) in [7, 11) is 1.74. The summed E-state index contributed by atoms with van der Waals surface area (Å²) in [5.74, 6) is 1.08. The molecule has 38 heavy (non-hydrogen) atoms. The molecule has 1 aliphatic heterocycles. The molecule has 5 rings (SSSR count). The lowest BCUT2D eigenvalue weighted by molar-refractivity contribution is -0.121. The van der Waals surface area contributed by atoms with Crippen LogP contribution < -0.4 is 15.5 Å². The van der Waals surface area contributed by atoms with Gasteiger partial charge in [-0.25, -0.2) is 4.98 Å². The van der Waals surface area contributed by atoms with E-state index in [-0.39, 0.29) is 23.1 Å². The summed E-state index contributed by atoms with van der Waals surface area (Å²) < 4.78 is 1.55. The molecule has 3 heterocycles. The Balaban J connectivity index is 1.28. The summed E-state index contributed by atoms with van der Waals surface area (Å²) in [4.78, 5) is 36.5. The first-order valence-electron chi connectivity index (χ1n) is 14.3. The minimum Gasteiger partial charge on any atom is -0.354 e. The fourth-order valence-electron chi connectivity index (χ4n) is 6.22. The van der Waals surface area contributed by atoms with Gasteiger partial charge in [-0.3, -0.25) is 19.2 Å². The third-order valence-corrected chi connectivity index (χ3v) is 9.35. The predicted octanol–water partition coefficient (Wildman–Crippen LogP) is 3.69. The number of nitrogens with one attached hydrogen (secondary N) is 2. The van der Waals surface area contributed by atoms with Crippen LogP contribution in [-0.2, 0) is 11.8 Å². The van der Waals surface area contributed by atoms with Gasteiger partial charge in [0.15, 0.2) is 0 Å². The molecule has 206 valence electrons. The molecule has 3 fully saturated rings. The molecular weight excluding hydrogens is 478 g/mol. The number of aryl methyl sites for hydroxylation is 1. The molecular formula is C29H43N7O2. The van der Waals surface area contributed by atoms with E-state index in [1.807, 2.05) is 12.1 Å². The van der Waals surface area contributed by atoms with E-state index in [9.17, 15) is 9.59 Å². The number of rotatable bonds is 10. The topological polar surface area (TPSA) is 95.4 Å². The molecule has 0 spiro atoms. The Bertz CT molecular complexity index is 1110. The lowest BCUT2D eigenvalue weighted by Crippen LogP contribution is -2.54. The molecule has 2 saturated carbocycles. The second-order valence-electron chi connectivity index (χ2n) is 11.8. The average Bonchev–Trinajstić information content (AvgIpc) is 3.49. The number of aromatic nitrogens is 3. The molecule has 9 heteroatoms. The normalized spacial score (nSPS) is 21.7. The van der Waals surface area contributed by atoms with Gasteiger partial charge in [0.1, 0.15) is 17.6 Å². The minimum atomic E-state index is -0.608. The van der Waals surface area contributed by atoms with Gasteiger partial charge < -0.3 is 15.5 Å². The monoisotopic (exact) mass is 521 g/mol. The highest BCUT2D eigenvalue weighted by molar-refractivity contribution is 6.00. The van der Waals surface area contributed by atoms with E-state index in [0.29, 0.717) is 23.3 Å². The van der Waals surface area contributed by atoms with Gasteiger partial charge in [-0.2, -0.15) is 5.10 Å². The standard InChI is InChI=1S/C29H43N7O2/c1-5-20(2)35-15-17-36(18-16-35)24-10-9-22(19-30-24)32-28(38)26(33-27(37)23-11-14-31-34(23)4)25(21-7-6-8-21)29(3)12-13-29/h9-11,14,19-21,25-26H,5-8,12-13,15-18H2,1-4H3,(H,32,38)(H,33,37)/t20?,25?,26-/m0/s1. The molecule has 2 N–H and O–H groups in total. The van der Waals surface area contributed by atoms with Gasteiger partial charge in [-0.1, -0.05) is 33.1 Å². The first-order valence-corrected chi connectivity index (χ1v) is 14.3. The number of hydrogen-bond donors (Lipinski definition) is 2. The van der Waals surface area contributed by atoms with Crippen LogP contribution in [0.2, 0.25) is 0 Å². The van der Waals surface area contributed by atoms with Gasteiger partial charge in [0.2, 0.25) is 5.91 Å². The summed E-state index contributed by atoms with van der Waals surface area (Å²) in [6.07, 6.45) is 10.1. The summed E-state index contributed by atoms with van der Waals surface area (Å²) in [6.45, 7) is 10.8. The highest BCUT2D eigenvalue weighted by Gasteiger charge is 2.54. The van der Waals surface area contributed by atoms with Crippen LogP contribution in [0, 0.1) is 17.3 Å². The quantitative estimate of drug-likeness (QED) is 0.495. The molecule has 9 nitrogen and oxygen atoms in total. The van der Waals surface area contributed by atoms with Crippen molar-refractivity contribution in [3.8, 4) is 0 Å². The Morgan fingerprint density at radius 1 is 1.13 bits per heavy atom. The molecule has 3 aliphatic rings. The van der Waals surface area contributed by atoms with Gasteiger partial charge in [-0.15, -0.1) is 0 Å². The van der Waals surface area contributed by atoms with Crippen molar-refractivity contribution in [1.29, 1.82) is 0 Å². The van der Waals surface area contributed by atoms with Crippen LogP contribution in [0.1, 0.15) is 69.8 Å². The molecule has 2 unspecified atom stereocenters. The van der Waals surface area contributed by atoms with Crippen LogP contribution in [-0.4, -0.2) is 69.7 Å². The van der Waals surface area contributed by atoms with Crippen molar-refractivity contribution in [2.75, 3.05) is 36.4 Å². The van der Waals surface area contributed by atoms with E-state index in [1.54, 1.807) is 30.2 Å². The molecule has 0 bridgehead atoms. The molecule has 2 amide bonds. The van der Waals surface area contributed by atoms with Gasteiger partial charge in [-0.05, 0) is 61.6 Å². The first-order chi connectivity index (χ1) is 18.3. The third-order valence-electron chi connectivity index (χ3n) is 9.35. The maximum absolute atomic E-state index is 13.8. The minimum absolute atomic E-state index is 0.0896. The number of amides is 2. The number of anilines is 2. The average molecular weight is 522 g/mol. The third kappa shape index (κ3) is 5.58. The van der Waals surface area contributed by atoms with Crippen molar-refractivity contribution in [2.24, 2.45) is 24.3 Å². The van der Waals surface area contributed by atoms with Crippen LogP contribution in [0.5, 0.6) is 0 Å². The van der Waals surface area contributed by atoms with Crippen LogP contribution in [0.3, 0.4) is 0 Å². The fraction of sp³-hybridized carbons (Fsp3) is 0.655. The lowest BCUT2D eigenvalue weighted by atomic mass is 9.66. The maximum Gasteiger partial charge on any atom is 0.270 e. The van der Waals surface area contributed by atoms with E-state index in [2.05, 4.69) is 51.3 Å². The van der Waals surface area contributed by atoms with Crippen LogP contribution >= 0.6 is 0 Å². The van der Waals surface area contributed by atoms with E-state index < -0.39 is 6.04 Å². The van der Waals surface area contributed by atoms with Crippen LogP contribution in [0.25, 0.3) is 0 Å². The Labute approximate surface area is 226 Å². The van der Waals surface area contributed by atoms with Crippen molar-refractivity contribution in [2.45, 2.75) is 71.4 Å². The smallest absolute Gasteiger partial charge is 0.270 e. The molecule has 1 saturated heterocycles. The molecule has 0 aromatic carbocycles. The summed E-state index contributed by atoms with van der Waals surface area (Å²) >= 11 is 0. The zero-order valence-electron chi connectivity index (χ0n) is 23.3. The van der Waals surface area contributed by atoms with E-state index in [1.165, 1.54) is 6.42 Å². The van der Waals surface area contributed by atoms with Crippen LogP contribution in [0.4, 0.5) is 11.5 Å². The maximum atomic E-state index is 13.8. The fourth-order valence-corrected chi connectivity index (χ4v) is 6.22. The Kier molecular flexibility index (Phi) is 7.75. The van der Waals surface area contributed by atoms with Crippen molar-refractivity contribution < 1.29 is 9.59 Å². The van der Waals surface area contributed by atoms with Gasteiger partial charge in [0, 0.05) is 45.5 Å². The van der Waals surface area contributed by atoms with Crippen molar-refractivity contribution >= 4 is 23.3 Å². The Hall–Kier alpha value is -2.94. The predicted molar refractivity (Wildman–Crippen MR) is 149 cm³/mol. The molecule has 2 aromatic rings. The van der Waals surface area contributed by atoms with Crippen LogP contribution in [0.15, 0.2) is 30.6 Å². The SMILES string of the molecule is CCC(C)N1CCN(c2ccc(NC(=O)[C@@H](NC(=O)c3ccnn3C)C(C3CCC3)C3(C)CC3)cn2)CC1. The largest absolute Gasteiger partial charge is 0.354 e. The number of carbonyl (C=O) groups is 2. The highest BCUT2D eigenvalue weighted by atomic mass is 16.2. The molecule has 3 atom stereocenters. The van der Waals surface area contributed by atoms with Gasteiger partial charge in [0.05, 0.1) is 11.9 Å². The number of carbonyl (C=O) groups excluding carboxylic acids is 2. The second-order valence-corrected chi connectivity index (χ2v) is 11.8. The highest BCUT2D eigenvalue weighted by Crippen LogP contribution is 2.58. The zero-order chi connectivity index (χ0) is 26.9. The van der Waals surface area contributed by atoms with E-state index in [4.69, 9.17) is 0 Å². The lowest BCUT2D eigenvalue weighted by Gasteiger charge is -2.42. The van der Waals surface area contributed by atoms with E-state index in [0.717, 1.165) is 64.1 Å². The van der Waals surface area contributed by atoms with Crippen molar-refractivity contribution in [3.63, 3.8) is 0 Å². The Morgan fingerprint density at radius 3 is 2.39 bits per heavy atom.